The molecule has 2 aromatic heterocycles. The highest BCUT2D eigenvalue weighted by Gasteiger charge is 2.17. The van der Waals surface area contributed by atoms with E-state index in [-0.39, 0.29) is 5.13 Å². The molecule has 0 saturated heterocycles. The van der Waals surface area contributed by atoms with Crippen LogP contribution in [0.2, 0.25) is 0 Å². The highest BCUT2D eigenvalue weighted by Crippen LogP contribution is 2.36. The van der Waals surface area contributed by atoms with Crippen LogP contribution in [0.5, 0.6) is 0 Å². The molecule has 0 aliphatic carbocycles. The van der Waals surface area contributed by atoms with E-state index < -0.39 is 4.92 Å². The van der Waals surface area contributed by atoms with Crippen molar-refractivity contribution in [1.29, 1.82) is 0 Å². The van der Waals surface area contributed by atoms with Gasteiger partial charge in [-0.3, -0.25) is 0 Å². The van der Waals surface area contributed by atoms with Crippen LogP contribution < -0.4 is 0 Å². The van der Waals surface area contributed by atoms with Crippen molar-refractivity contribution in [3.05, 3.63) is 16.3 Å². The maximum Gasteiger partial charge on any atom is 0.451 e. The van der Waals surface area contributed by atoms with Gasteiger partial charge in [0.15, 0.2) is 4.34 Å². The number of nitro groups is 1. The summed E-state index contributed by atoms with van der Waals surface area (Å²) >= 11 is 5.39. The fourth-order valence-corrected chi connectivity index (χ4v) is 4.24. The maximum absolute atomic E-state index is 10.4. The fraction of sp³-hybridized carbons (Fsp3) is 0.167. The average Bonchev–Trinajstić information content (AvgIpc) is 2.87. The zero-order valence-corrected chi connectivity index (χ0v) is 11.1. The number of thioether (sulfide) groups is 1. The Balaban J connectivity index is 2.11. The molecule has 2 aromatic rings. The minimum Gasteiger partial charge on any atom is -0.357 e. The summed E-state index contributed by atoms with van der Waals surface area (Å²) < 4.78 is 2.45. The second-order valence-electron chi connectivity index (χ2n) is 2.36. The summed E-state index contributed by atoms with van der Waals surface area (Å²) in [4.78, 5) is 14.0. The van der Waals surface area contributed by atoms with Crippen LogP contribution in [-0.2, 0) is 0 Å². The lowest BCUT2D eigenvalue weighted by Crippen LogP contribution is -1.84. The number of thiazole rings is 1. The van der Waals surface area contributed by atoms with Crippen LogP contribution in [0.15, 0.2) is 19.1 Å². The lowest BCUT2D eigenvalue weighted by molar-refractivity contribution is -0.385. The first kappa shape index (κ1) is 11.8. The van der Waals surface area contributed by atoms with E-state index in [1.807, 2.05) is 6.26 Å². The Morgan fingerprint density at radius 2 is 2.19 bits per heavy atom. The third kappa shape index (κ3) is 2.70. The molecule has 10 heteroatoms. The predicted molar refractivity (Wildman–Crippen MR) is 64.6 cm³/mol. The zero-order chi connectivity index (χ0) is 11.5. The van der Waals surface area contributed by atoms with Gasteiger partial charge in [0.1, 0.15) is 0 Å². The quantitative estimate of drug-likeness (QED) is 0.487. The smallest absolute Gasteiger partial charge is 0.357 e. The van der Waals surface area contributed by atoms with Gasteiger partial charge in [-0.1, -0.05) is 0 Å². The molecule has 0 fully saturated rings. The molecule has 0 unspecified atom stereocenters. The number of aromatic nitrogens is 3. The molecule has 0 atom stereocenters. The van der Waals surface area contributed by atoms with E-state index in [1.54, 1.807) is 18.0 Å². The summed E-state index contributed by atoms with van der Waals surface area (Å²) in [5.74, 6) is 0. The van der Waals surface area contributed by atoms with E-state index in [1.165, 1.54) is 23.1 Å². The number of rotatable bonds is 4. The van der Waals surface area contributed by atoms with Gasteiger partial charge < -0.3 is 10.1 Å². The number of hydrogen-bond donors (Lipinski definition) is 0. The lowest BCUT2D eigenvalue weighted by atomic mass is 11.0. The first-order valence-corrected chi connectivity index (χ1v) is 7.52. The molecule has 16 heavy (non-hydrogen) atoms. The van der Waals surface area contributed by atoms with Gasteiger partial charge >= 0.3 is 5.13 Å². The Bertz CT molecular complexity index is 510. The molecule has 0 saturated carbocycles. The van der Waals surface area contributed by atoms with Crippen molar-refractivity contribution in [2.45, 2.75) is 12.9 Å². The molecule has 2 rings (SSSR count). The van der Waals surface area contributed by atoms with Crippen molar-refractivity contribution in [3.8, 4) is 0 Å². The second-order valence-corrected chi connectivity index (χ2v) is 6.95. The van der Waals surface area contributed by atoms with Gasteiger partial charge in [-0.05, 0) is 39.4 Å². The Morgan fingerprint density at radius 1 is 1.38 bits per heavy atom. The molecule has 2 heterocycles. The Hall–Kier alpha value is -0.710. The van der Waals surface area contributed by atoms with Crippen molar-refractivity contribution in [1.82, 2.24) is 15.2 Å². The molecule has 84 valence electrons. The monoisotopic (exact) mass is 292 g/mol. The van der Waals surface area contributed by atoms with Crippen molar-refractivity contribution in [3.63, 3.8) is 0 Å². The maximum atomic E-state index is 10.4. The Morgan fingerprint density at radius 3 is 2.75 bits per heavy atom. The fourth-order valence-electron chi connectivity index (χ4n) is 0.778. The van der Waals surface area contributed by atoms with Crippen LogP contribution in [-0.4, -0.2) is 26.4 Å². The Kier molecular flexibility index (Phi) is 3.74. The molecule has 0 radical (unpaired) electrons. The van der Waals surface area contributed by atoms with Crippen LogP contribution in [0.25, 0.3) is 0 Å². The number of nitrogens with zero attached hydrogens (tertiary/aromatic N) is 4. The first-order chi connectivity index (χ1) is 7.69. The van der Waals surface area contributed by atoms with Gasteiger partial charge in [-0.15, -0.1) is 23.1 Å². The molecule has 0 aromatic carbocycles. The molecular formula is C6H4N4O2S4. The summed E-state index contributed by atoms with van der Waals surface area (Å²) in [6.07, 6.45) is 3.74. The third-order valence-corrected chi connectivity index (χ3v) is 5.44. The number of hydrogen-bond acceptors (Lipinski definition) is 9. The standard InChI is InChI=1S/C6H4N4O2S4/c1-13-3-2-7-5(14-3)16-6-9-8-4(15-6)10(11)12/h2H,1H3. The molecule has 0 spiro atoms. The van der Waals surface area contributed by atoms with E-state index in [4.69, 9.17) is 0 Å². The first-order valence-electron chi connectivity index (χ1n) is 3.84. The summed E-state index contributed by atoms with van der Waals surface area (Å²) in [7, 11) is 0. The highest BCUT2D eigenvalue weighted by molar-refractivity contribution is 8.04. The van der Waals surface area contributed by atoms with E-state index in [0.29, 0.717) is 4.34 Å². The molecular weight excluding hydrogens is 288 g/mol. The molecule has 6 nitrogen and oxygen atoms in total. The second kappa shape index (κ2) is 5.08. The van der Waals surface area contributed by atoms with Crippen molar-refractivity contribution in [2.24, 2.45) is 0 Å². The Labute approximate surface area is 107 Å². The minimum atomic E-state index is -0.545. The van der Waals surface area contributed by atoms with Crippen molar-refractivity contribution < 1.29 is 4.92 Å². The highest BCUT2D eigenvalue weighted by atomic mass is 32.2. The van der Waals surface area contributed by atoms with Crippen LogP contribution in [0.3, 0.4) is 0 Å². The molecule has 0 N–H and O–H groups in total. The normalized spacial score (nSPS) is 10.6. The van der Waals surface area contributed by atoms with Gasteiger partial charge in [0.05, 0.1) is 15.5 Å². The topological polar surface area (TPSA) is 81.8 Å². The average molecular weight is 292 g/mol. The predicted octanol–water partition coefficient (Wildman–Crippen LogP) is 2.78. The van der Waals surface area contributed by atoms with Crippen LogP contribution in [0.4, 0.5) is 5.13 Å². The van der Waals surface area contributed by atoms with Gasteiger partial charge in [-0.25, -0.2) is 4.98 Å². The van der Waals surface area contributed by atoms with E-state index >= 15 is 0 Å². The van der Waals surface area contributed by atoms with Gasteiger partial charge in [0.25, 0.3) is 0 Å². The summed E-state index contributed by atoms with van der Waals surface area (Å²) in [6, 6.07) is 0. The largest absolute Gasteiger partial charge is 0.451 e. The molecule has 0 amide bonds. The van der Waals surface area contributed by atoms with E-state index in [2.05, 4.69) is 15.2 Å². The summed E-state index contributed by atoms with van der Waals surface area (Å²) in [5, 5.41) is 17.4. The zero-order valence-electron chi connectivity index (χ0n) is 7.82. The molecule has 0 aliphatic heterocycles. The van der Waals surface area contributed by atoms with Gasteiger partial charge in [-0.2, -0.15) is 0 Å². The molecule has 0 bridgehead atoms. The van der Waals surface area contributed by atoms with E-state index in [9.17, 15) is 10.1 Å². The third-order valence-electron chi connectivity index (χ3n) is 1.39. The lowest BCUT2D eigenvalue weighted by Gasteiger charge is -1.85. The summed E-state index contributed by atoms with van der Waals surface area (Å²) in [5.41, 5.74) is 0. The molecule has 0 aliphatic rings. The van der Waals surface area contributed by atoms with Gasteiger partial charge in [0.2, 0.25) is 4.34 Å². The van der Waals surface area contributed by atoms with Crippen molar-refractivity contribution >= 4 is 51.3 Å². The van der Waals surface area contributed by atoms with Gasteiger partial charge in [0, 0.05) is 0 Å². The summed E-state index contributed by atoms with van der Waals surface area (Å²) in [6.45, 7) is 0. The van der Waals surface area contributed by atoms with Crippen molar-refractivity contribution in [2.75, 3.05) is 6.26 Å². The SMILES string of the molecule is CSc1cnc(Sc2nnc([N+](=O)[O-])s2)s1. The van der Waals surface area contributed by atoms with Crippen LogP contribution in [0.1, 0.15) is 0 Å². The van der Waals surface area contributed by atoms with Crippen LogP contribution in [0, 0.1) is 10.1 Å². The van der Waals surface area contributed by atoms with E-state index in [0.717, 1.165) is 19.9 Å². The van der Waals surface area contributed by atoms with Crippen LogP contribution >= 0.6 is 46.2 Å². The minimum absolute atomic E-state index is 0.191.